The molecule has 4 heteroatoms. The first-order valence-corrected chi connectivity index (χ1v) is 7.47. The zero-order chi connectivity index (χ0) is 14.5. The Morgan fingerprint density at radius 3 is 2.55 bits per heavy atom. The molecular formula is C16H22ClN3. The second kappa shape index (κ2) is 6.91. The quantitative estimate of drug-likeness (QED) is 0.870. The number of hydrogen-bond donors (Lipinski definition) is 1. The molecule has 1 N–H and O–H groups in total. The SMILES string of the molecule is CCn1cncc1CNC(c1ccc(Cl)cc1)C(C)C. The Morgan fingerprint density at radius 1 is 1.25 bits per heavy atom. The molecule has 1 heterocycles. The molecule has 0 radical (unpaired) electrons. The van der Waals surface area contributed by atoms with Crippen LogP contribution >= 0.6 is 11.6 Å². The number of hydrogen-bond acceptors (Lipinski definition) is 2. The molecule has 3 nitrogen and oxygen atoms in total. The summed E-state index contributed by atoms with van der Waals surface area (Å²) >= 11 is 5.96. The number of rotatable bonds is 6. The van der Waals surface area contributed by atoms with Gasteiger partial charge >= 0.3 is 0 Å². The standard InChI is InChI=1S/C16H22ClN3/c1-4-20-11-18-9-15(20)10-19-16(12(2)3)13-5-7-14(17)8-6-13/h5-9,11-12,16,19H,4,10H2,1-3H3. The number of aryl methyl sites for hydroxylation is 1. The highest BCUT2D eigenvalue weighted by Crippen LogP contribution is 2.23. The third-order valence-corrected chi connectivity index (χ3v) is 3.79. The lowest BCUT2D eigenvalue weighted by molar-refractivity contribution is 0.405. The van der Waals surface area contributed by atoms with Gasteiger partial charge in [-0.05, 0) is 30.5 Å². The predicted octanol–water partition coefficient (Wildman–Crippen LogP) is 4.04. The summed E-state index contributed by atoms with van der Waals surface area (Å²) in [7, 11) is 0. The normalized spacial score (nSPS) is 12.8. The highest BCUT2D eigenvalue weighted by molar-refractivity contribution is 6.30. The van der Waals surface area contributed by atoms with E-state index >= 15 is 0 Å². The lowest BCUT2D eigenvalue weighted by atomic mass is 9.96. The molecule has 0 amide bonds. The summed E-state index contributed by atoms with van der Waals surface area (Å²) in [5.74, 6) is 0.508. The van der Waals surface area contributed by atoms with E-state index in [9.17, 15) is 0 Å². The molecule has 1 aromatic carbocycles. The van der Waals surface area contributed by atoms with Crippen LogP contribution in [0, 0.1) is 5.92 Å². The second-order valence-electron chi connectivity index (χ2n) is 5.33. The first kappa shape index (κ1) is 15.1. The average molecular weight is 292 g/mol. The van der Waals surface area contributed by atoms with Gasteiger partial charge in [0.25, 0.3) is 0 Å². The number of nitrogens with zero attached hydrogens (tertiary/aromatic N) is 2. The number of nitrogens with one attached hydrogen (secondary N) is 1. The molecule has 20 heavy (non-hydrogen) atoms. The maximum absolute atomic E-state index is 5.96. The lowest BCUT2D eigenvalue weighted by Crippen LogP contribution is -2.26. The number of benzene rings is 1. The van der Waals surface area contributed by atoms with Crippen LogP contribution in [-0.4, -0.2) is 9.55 Å². The van der Waals surface area contributed by atoms with E-state index < -0.39 is 0 Å². The molecule has 1 unspecified atom stereocenters. The molecule has 108 valence electrons. The van der Waals surface area contributed by atoms with Crippen LogP contribution in [0.25, 0.3) is 0 Å². The van der Waals surface area contributed by atoms with Crippen LogP contribution < -0.4 is 5.32 Å². The highest BCUT2D eigenvalue weighted by Gasteiger charge is 2.15. The topological polar surface area (TPSA) is 29.9 Å². The molecule has 0 fully saturated rings. The van der Waals surface area contributed by atoms with Crippen LogP contribution in [0.3, 0.4) is 0 Å². The molecule has 0 saturated heterocycles. The maximum atomic E-state index is 5.96. The van der Waals surface area contributed by atoms with Crippen molar-refractivity contribution in [2.75, 3.05) is 0 Å². The molecule has 1 atom stereocenters. The highest BCUT2D eigenvalue weighted by atomic mass is 35.5. The van der Waals surface area contributed by atoms with Crippen molar-refractivity contribution in [1.29, 1.82) is 0 Å². The molecule has 0 saturated carbocycles. The van der Waals surface area contributed by atoms with Crippen LogP contribution in [0.15, 0.2) is 36.8 Å². The zero-order valence-corrected chi connectivity index (χ0v) is 13.1. The van der Waals surface area contributed by atoms with Crippen LogP contribution in [0.1, 0.15) is 38.1 Å². The summed E-state index contributed by atoms with van der Waals surface area (Å²) in [6, 6.07) is 8.40. The molecular weight excluding hydrogens is 270 g/mol. The molecule has 0 spiro atoms. The molecule has 0 bridgehead atoms. The minimum absolute atomic E-state index is 0.312. The van der Waals surface area contributed by atoms with E-state index in [1.165, 1.54) is 11.3 Å². The molecule has 2 rings (SSSR count). The maximum Gasteiger partial charge on any atom is 0.0948 e. The van der Waals surface area contributed by atoms with Crippen molar-refractivity contribution in [3.05, 3.63) is 53.1 Å². The fourth-order valence-electron chi connectivity index (χ4n) is 2.40. The number of imidazole rings is 1. The molecule has 1 aromatic heterocycles. The third-order valence-electron chi connectivity index (χ3n) is 3.54. The van der Waals surface area contributed by atoms with Gasteiger partial charge in [0, 0.05) is 30.4 Å². The summed E-state index contributed by atoms with van der Waals surface area (Å²) in [6.07, 6.45) is 3.80. The fraction of sp³-hybridized carbons (Fsp3) is 0.438. The fourth-order valence-corrected chi connectivity index (χ4v) is 2.53. The Morgan fingerprint density at radius 2 is 1.95 bits per heavy atom. The van der Waals surface area contributed by atoms with E-state index in [0.29, 0.717) is 12.0 Å². The van der Waals surface area contributed by atoms with Crippen molar-refractivity contribution in [3.63, 3.8) is 0 Å². The van der Waals surface area contributed by atoms with Gasteiger partial charge < -0.3 is 9.88 Å². The van der Waals surface area contributed by atoms with Gasteiger partial charge in [-0.2, -0.15) is 0 Å². The zero-order valence-electron chi connectivity index (χ0n) is 12.3. The largest absolute Gasteiger partial charge is 0.334 e. The third kappa shape index (κ3) is 3.62. The summed E-state index contributed by atoms with van der Waals surface area (Å²) in [6.45, 7) is 8.35. The van der Waals surface area contributed by atoms with E-state index in [0.717, 1.165) is 18.1 Å². The van der Waals surface area contributed by atoms with Gasteiger partial charge in [-0.3, -0.25) is 0 Å². The van der Waals surface area contributed by atoms with Gasteiger partial charge in [0.2, 0.25) is 0 Å². The molecule has 0 aliphatic carbocycles. The summed E-state index contributed by atoms with van der Waals surface area (Å²) in [5.41, 5.74) is 2.49. The smallest absolute Gasteiger partial charge is 0.0948 e. The van der Waals surface area contributed by atoms with Gasteiger partial charge in [0.05, 0.1) is 12.0 Å². The Hall–Kier alpha value is -1.32. The van der Waals surface area contributed by atoms with Crippen molar-refractivity contribution in [2.24, 2.45) is 5.92 Å². The van der Waals surface area contributed by atoms with Gasteiger partial charge in [-0.15, -0.1) is 0 Å². The first-order chi connectivity index (χ1) is 9.61. The Balaban J connectivity index is 2.08. The monoisotopic (exact) mass is 291 g/mol. The molecule has 0 aliphatic rings. The summed E-state index contributed by atoms with van der Waals surface area (Å²) < 4.78 is 2.16. The van der Waals surface area contributed by atoms with Gasteiger partial charge in [0.1, 0.15) is 0 Å². The summed E-state index contributed by atoms with van der Waals surface area (Å²) in [5, 5.41) is 4.41. The second-order valence-corrected chi connectivity index (χ2v) is 5.76. The lowest BCUT2D eigenvalue weighted by Gasteiger charge is -2.23. The van der Waals surface area contributed by atoms with E-state index in [2.05, 4.69) is 47.8 Å². The van der Waals surface area contributed by atoms with E-state index in [4.69, 9.17) is 11.6 Å². The average Bonchev–Trinajstić information content (AvgIpc) is 2.88. The predicted molar refractivity (Wildman–Crippen MR) is 83.8 cm³/mol. The van der Waals surface area contributed by atoms with Gasteiger partial charge in [0.15, 0.2) is 0 Å². The molecule has 2 aromatic rings. The minimum atomic E-state index is 0.312. The Kier molecular flexibility index (Phi) is 5.21. The van der Waals surface area contributed by atoms with Gasteiger partial charge in [-0.1, -0.05) is 37.6 Å². The number of aromatic nitrogens is 2. The van der Waals surface area contributed by atoms with Crippen molar-refractivity contribution >= 4 is 11.6 Å². The minimum Gasteiger partial charge on any atom is -0.334 e. The Bertz CT molecular complexity index is 531. The van der Waals surface area contributed by atoms with Crippen molar-refractivity contribution in [3.8, 4) is 0 Å². The van der Waals surface area contributed by atoms with Crippen LogP contribution in [0.4, 0.5) is 0 Å². The molecule has 0 aliphatic heterocycles. The van der Waals surface area contributed by atoms with E-state index in [1.807, 2.05) is 24.7 Å². The van der Waals surface area contributed by atoms with Crippen molar-refractivity contribution < 1.29 is 0 Å². The Labute approximate surface area is 126 Å². The van der Waals surface area contributed by atoms with Crippen LogP contribution in [0.2, 0.25) is 5.02 Å². The van der Waals surface area contributed by atoms with Crippen molar-refractivity contribution in [2.45, 2.75) is 39.9 Å². The first-order valence-electron chi connectivity index (χ1n) is 7.09. The number of halogens is 1. The van der Waals surface area contributed by atoms with Gasteiger partial charge in [-0.25, -0.2) is 4.98 Å². The van der Waals surface area contributed by atoms with Crippen LogP contribution in [-0.2, 0) is 13.1 Å². The van der Waals surface area contributed by atoms with E-state index in [1.54, 1.807) is 0 Å². The van der Waals surface area contributed by atoms with E-state index in [-0.39, 0.29) is 0 Å². The summed E-state index contributed by atoms with van der Waals surface area (Å²) in [4.78, 5) is 4.21. The van der Waals surface area contributed by atoms with Crippen molar-refractivity contribution in [1.82, 2.24) is 14.9 Å². The van der Waals surface area contributed by atoms with Crippen LogP contribution in [0.5, 0.6) is 0 Å².